The molecule has 0 bridgehead atoms. The zero-order valence-corrected chi connectivity index (χ0v) is 8.81. The monoisotopic (exact) mass is 248 g/mol. The van der Waals surface area contributed by atoms with E-state index in [1.165, 1.54) is 32.1 Å². The molecule has 0 aromatic rings. The second-order valence-electron chi connectivity index (χ2n) is 2.72. The predicted molar refractivity (Wildman–Crippen MR) is 44.1 cm³/mol. The maximum atomic E-state index is 9.89. The molecule has 0 atom stereocenters. The molecule has 0 saturated heterocycles. The van der Waals surface area contributed by atoms with Gasteiger partial charge in [-0.25, -0.2) is 0 Å². The maximum absolute atomic E-state index is 9.89. The van der Waals surface area contributed by atoms with Gasteiger partial charge >= 0.3 is 0 Å². The molecule has 0 aromatic heterocycles. The molecule has 0 heterocycles. The summed E-state index contributed by atoms with van der Waals surface area (Å²) in [6.07, 6.45) is 9.39. The molecule has 0 amide bonds. The third kappa shape index (κ3) is 13.3. The van der Waals surface area contributed by atoms with Crippen molar-refractivity contribution in [2.24, 2.45) is 0 Å². The van der Waals surface area contributed by atoms with Gasteiger partial charge in [0.1, 0.15) is 6.29 Å². The van der Waals surface area contributed by atoms with E-state index >= 15 is 0 Å². The minimum Gasteiger partial charge on any atom is -0.303 e. The largest absolute Gasteiger partial charge is 0.303 e. The fourth-order valence-corrected chi connectivity index (χ4v) is 1.01. The summed E-state index contributed by atoms with van der Waals surface area (Å²) in [6.45, 7) is 2.21. The molecule has 0 N–H and O–H groups in total. The number of rotatable bonds is 7. The first-order valence-electron chi connectivity index (χ1n) is 4.35. The third-order valence-electron chi connectivity index (χ3n) is 1.68. The van der Waals surface area contributed by atoms with Crippen LogP contribution in [0.3, 0.4) is 0 Å². The van der Waals surface area contributed by atoms with Gasteiger partial charge in [-0.2, -0.15) is 0 Å². The number of hydrogen-bond donors (Lipinski definition) is 0. The fourth-order valence-electron chi connectivity index (χ4n) is 1.01. The Morgan fingerprint density at radius 2 is 1.55 bits per heavy atom. The van der Waals surface area contributed by atoms with Crippen LogP contribution in [-0.2, 0) is 25.2 Å². The van der Waals surface area contributed by atoms with Gasteiger partial charge in [0.2, 0.25) is 0 Å². The molecule has 0 aliphatic carbocycles. The van der Waals surface area contributed by atoms with Crippen LogP contribution < -0.4 is 0 Å². The minimum atomic E-state index is 0. The summed E-state index contributed by atoms with van der Waals surface area (Å²) in [4.78, 5) is 9.89. The van der Waals surface area contributed by atoms with Crippen LogP contribution in [0.25, 0.3) is 0 Å². The summed E-state index contributed by atoms with van der Waals surface area (Å²) in [5.74, 6) is 0. The molecular formula is C9H18OPd. The van der Waals surface area contributed by atoms with E-state index in [1.807, 2.05) is 0 Å². The van der Waals surface area contributed by atoms with Crippen molar-refractivity contribution in [3.8, 4) is 0 Å². The van der Waals surface area contributed by atoms with Crippen LogP contribution in [-0.4, -0.2) is 6.29 Å². The molecule has 0 fully saturated rings. The van der Waals surface area contributed by atoms with Crippen molar-refractivity contribution in [3.63, 3.8) is 0 Å². The van der Waals surface area contributed by atoms with Gasteiger partial charge in [-0.05, 0) is 6.42 Å². The Balaban J connectivity index is 0. The van der Waals surface area contributed by atoms with Crippen molar-refractivity contribution in [2.75, 3.05) is 0 Å². The van der Waals surface area contributed by atoms with Gasteiger partial charge in [-0.3, -0.25) is 0 Å². The molecule has 1 nitrogen and oxygen atoms in total. The van der Waals surface area contributed by atoms with E-state index in [0.29, 0.717) is 0 Å². The molecule has 0 aliphatic rings. The van der Waals surface area contributed by atoms with Crippen LogP contribution in [0.4, 0.5) is 0 Å². The van der Waals surface area contributed by atoms with Crippen LogP contribution in [0.1, 0.15) is 51.9 Å². The molecule has 0 spiro atoms. The van der Waals surface area contributed by atoms with Gasteiger partial charge in [-0.1, -0.05) is 39.0 Å². The first-order valence-corrected chi connectivity index (χ1v) is 4.35. The van der Waals surface area contributed by atoms with Crippen LogP contribution >= 0.6 is 0 Å². The van der Waals surface area contributed by atoms with Crippen molar-refractivity contribution in [1.29, 1.82) is 0 Å². The number of carbonyl (C=O) groups excluding carboxylic acids is 1. The fraction of sp³-hybridized carbons (Fsp3) is 0.889. The molecule has 70 valence electrons. The Bertz CT molecular complexity index is 74.0. The van der Waals surface area contributed by atoms with Crippen LogP contribution in [0.5, 0.6) is 0 Å². The van der Waals surface area contributed by atoms with Crippen LogP contribution in [0, 0.1) is 0 Å². The summed E-state index contributed by atoms with van der Waals surface area (Å²) >= 11 is 0. The average molecular weight is 249 g/mol. The van der Waals surface area contributed by atoms with Crippen LogP contribution in [0.15, 0.2) is 0 Å². The Hall–Kier alpha value is 0.332. The topological polar surface area (TPSA) is 17.1 Å². The van der Waals surface area contributed by atoms with E-state index in [4.69, 9.17) is 0 Å². The molecule has 0 aromatic carbocycles. The molecule has 2 heteroatoms. The normalized spacial score (nSPS) is 8.82. The van der Waals surface area contributed by atoms with Gasteiger partial charge in [0, 0.05) is 26.8 Å². The molecule has 0 aliphatic heterocycles. The summed E-state index contributed by atoms with van der Waals surface area (Å²) < 4.78 is 0. The standard InChI is InChI=1S/C9H18O.Pd/c1-2-3-4-5-6-7-8-9-10;/h9H,2-8H2,1H3;. The predicted octanol–water partition coefficient (Wildman–Crippen LogP) is 2.93. The van der Waals surface area contributed by atoms with Gasteiger partial charge in [0.15, 0.2) is 0 Å². The minimum absolute atomic E-state index is 0. The van der Waals surface area contributed by atoms with Crippen molar-refractivity contribution < 1.29 is 25.2 Å². The molecular weight excluding hydrogens is 231 g/mol. The van der Waals surface area contributed by atoms with Crippen molar-refractivity contribution in [3.05, 3.63) is 0 Å². The first kappa shape index (κ1) is 13.9. The quantitative estimate of drug-likeness (QED) is 0.385. The second-order valence-corrected chi connectivity index (χ2v) is 2.72. The van der Waals surface area contributed by atoms with Gasteiger partial charge in [0.05, 0.1) is 0 Å². The van der Waals surface area contributed by atoms with Crippen LogP contribution in [0.2, 0.25) is 0 Å². The first-order chi connectivity index (χ1) is 4.91. The Kier molecular flexibility index (Phi) is 16.4. The second kappa shape index (κ2) is 13.0. The zero-order chi connectivity index (χ0) is 7.66. The van der Waals surface area contributed by atoms with Crippen molar-refractivity contribution >= 4 is 6.29 Å². The summed E-state index contributed by atoms with van der Waals surface area (Å²) in [5, 5.41) is 0. The molecule has 11 heavy (non-hydrogen) atoms. The number of hydrogen-bond acceptors (Lipinski definition) is 1. The molecule has 0 saturated carbocycles. The molecule has 0 rings (SSSR count). The summed E-state index contributed by atoms with van der Waals surface area (Å²) in [7, 11) is 0. The Morgan fingerprint density at radius 3 is 2.09 bits per heavy atom. The third-order valence-corrected chi connectivity index (χ3v) is 1.68. The summed E-state index contributed by atoms with van der Waals surface area (Å²) in [5.41, 5.74) is 0. The number of unbranched alkanes of at least 4 members (excludes halogenated alkanes) is 6. The van der Waals surface area contributed by atoms with Gasteiger partial charge < -0.3 is 4.79 Å². The number of aldehydes is 1. The van der Waals surface area contributed by atoms with Gasteiger partial charge in [-0.15, -0.1) is 0 Å². The van der Waals surface area contributed by atoms with E-state index in [9.17, 15) is 4.79 Å². The van der Waals surface area contributed by atoms with E-state index in [1.54, 1.807) is 0 Å². The SMILES string of the molecule is CCCCCCCCC=O.[Pd]. The van der Waals surface area contributed by atoms with E-state index in [0.717, 1.165) is 19.1 Å². The zero-order valence-electron chi connectivity index (χ0n) is 7.25. The van der Waals surface area contributed by atoms with E-state index < -0.39 is 0 Å². The van der Waals surface area contributed by atoms with E-state index in [2.05, 4.69) is 6.92 Å². The van der Waals surface area contributed by atoms with Crippen molar-refractivity contribution in [2.45, 2.75) is 51.9 Å². The smallest absolute Gasteiger partial charge is 0.119 e. The van der Waals surface area contributed by atoms with Gasteiger partial charge in [0.25, 0.3) is 0 Å². The van der Waals surface area contributed by atoms with Crippen molar-refractivity contribution in [1.82, 2.24) is 0 Å². The Labute approximate surface area is 83.6 Å². The molecule has 0 unspecified atom stereocenters. The molecule has 0 radical (unpaired) electrons. The number of carbonyl (C=O) groups is 1. The Morgan fingerprint density at radius 1 is 1.00 bits per heavy atom. The van der Waals surface area contributed by atoms with E-state index in [-0.39, 0.29) is 20.4 Å². The average Bonchev–Trinajstić information content (AvgIpc) is 1.97. The summed E-state index contributed by atoms with van der Waals surface area (Å²) in [6, 6.07) is 0. The maximum Gasteiger partial charge on any atom is 0.119 e.